The predicted octanol–water partition coefficient (Wildman–Crippen LogP) is 2.05. The van der Waals surface area contributed by atoms with E-state index < -0.39 is 6.04 Å². The molecule has 2 unspecified atom stereocenters. The quantitative estimate of drug-likeness (QED) is 0.825. The molecule has 88 valence electrons. The fourth-order valence-electron chi connectivity index (χ4n) is 1.84. The molecule has 1 aliphatic carbocycles. The molecule has 0 spiro atoms. The largest absolute Gasteiger partial charge is 0.352 e. The monoisotopic (exact) mass is 238 g/mol. The molecule has 0 bridgehead atoms. The molecule has 1 saturated carbocycles. The Kier molecular flexibility index (Phi) is 3.61. The van der Waals surface area contributed by atoms with Gasteiger partial charge in [0, 0.05) is 10.9 Å². The van der Waals surface area contributed by atoms with Gasteiger partial charge in [-0.15, -0.1) is 11.3 Å². The second kappa shape index (κ2) is 4.97. The van der Waals surface area contributed by atoms with Gasteiger partial charge in [-0.1, -0.05) is 18.9 Å². The van der Waals surface area contributed by atoms with E-state index in [0.717, 1.165) is 17.2 Å². The van der Waals surface area contributed by atoms with Gasteiger partial charge in [0.05, 0.1) is 0 Å². The Bertz CT molecular complexity index is 346. The van der Waals surface area contributed by atoms with E-state index in [1.807, 2.05) is 17.5 Å². The van der Waals surface area contributed by atoms with E-state index in [1.54, 1.807) is 0 Å². The minimum absolute atomic E-state index is 0.0596. The van der Waals surface area contributed by atoms with E-state index in [9.17, 15) is 4.79 Å². The van der Waals surface area contributed by atoms with Crippen molar-refractivity contribution >= 4 is 17.2 Å². The number of carbonyl (C=O) groups excluding carboxylic acids is 1. The van der Waals surface area contributed by atoms with Gasteiger partial charge in [0.25, 0.3) is 0 Å². The maximum absolute atomic E-state index is 11.8. The maximum atomic E-state index is 11.8. The van der Waals surface area contributed by atoms with E-state index >= 15 is 0 Å². The molecule has 4 heteroatoms. The maximum Gasteiger partial charge on any atom is 0.242 e. The Morgan fingerprint density at radius 1 is 1.69 bits per heavy atom. The molecule has 0 aromatic carbocycles. The van der Waals surface area contributed by atoms with E-state index in [4.69, 9.17) is 5.73 Å². The lowest BCUT2D eigenvalue weighted by molar-refractivity contribution is -0.123. The highest BCUT2D eigenvalue weighted by atomic mass is 32.1. The number of nitrogens with two attached hydrogens (primary N) is 1. The van der Waals surface area contributed by atoms with Crippen LogP contribution >= 0.6 is 11.3 Å². The summed E-state index contributed by atoms with van der Waals surface area (Å²) in [6.45, 7) is 2.05. The van der Waals surface area contributed by atoms with Crippen LogP contribution in [0.25, 0.3) is 0 Å². The normalized spacial score (nSPS) is 19.1. The van der Waals surface area contributed by atoms with Crippen LogP contribution in [0.2, 0.25) is 0 Å². The van der Waals surface area contributed by atoms with Gasteiger partial charge in [-0.25, -0.2) is 0 Å². The van der Waals surface area contributed by atoms with Crippen molar-refractivity contribution in [2.75, 3.05) is 0 Å². The van der Waals surface area contributed by atoms with Crippen molar-refractivity contribution in [3.05, 3.63) is 22.4 Å². The molecular formula is C12H18N2OS. The average molecular weight is 238 g/mol. The minimum atomic E-state index is -0.512. The predicted molar refractivity (Wildman–Crippen MR) is 66.2 cm³/mol. The fourth-order valence-corrected chi connectivity index (χ4v) is 2.57. The first-order valence-electron chi connectivity index (χ1n) is 5.76. The topological polar surface area (TPSA) is 55.1 Å². The van der Waals surface area contributed by atoms with E-state index in [0.29, 0.717) is 0 Å². The number of hydrogen-bond acceptors (Lipinski definition) is 3. The summed E-state index contributed by atoms with van der Waals surface area (Å²) >= 11 is 1.53. The van der Waals surface area contributed by atoms with Crippen LogP contribution in [-0.4, -0.2) is 11.9 Å². The summed E-state index contributed by atoms with van der Waals surface area (Å²) in [6, 6.07) is 3.55. The van der Waals surface area contributed by atoms with Crippen LogP contribution in [0.3, 0.4) is 0 Å². The van der Waals surface area contributed by atoms with E-state index in [-0.39, 0.29) is 11.9 Å². The SMILES string of the molecule is CC(CC1CC1)NC(=O)C(N)c1cccs1. The van der Waals surface area contributed by atoms with Crippen molar-refractivity contribution in [2.45, 2.75) is 38.3 Å². The lowest BCUT2D eigenvalue weighted by Crippen LogP contribution is -2.39. The molecule has 3 N–H and O–H groups in total. The smallest absolute Gasteiger partial charge is 0.242 e. The second-order valence-electron chi connectivity index (χ2n) is 4.58. The highest BCUT2D eigenvalue weighted by Crippen LogP contribution is 2.33. The van der Waals surface area contributed by atoms with Gasteiger partial charge in [0.15, 0.2) is 0 Å². The van der Waals surface area contributed by atoms with Crippen LogP contribution in [-0.2, 0) is 4.79 Å². The molecule has 1 fully saturated rings. The van der Waals surface area contributed by atoms with Crippen LogP contribution in [0.5, 0.6) is 0 Å². The molecular weight excluding hydrogens is 220 g/mol. The molecule has 1 aliphatic rings. The van der Waals surface area contributed by atoms with Gasteiger partial charge in [0.2, 0.25) is 5.91 Å². The number of thiophene rings is 1. The Hall–Kier alpha value is -0.870. The average Bonchev–Trinajstić information content (AvgIpc) is 2.89. The van der Waals surface area contributed by atoms with Gasteiger partial charge in [-0.3, -0.25) is 4.79 Å². The van der Waals surface area contributed by atoms with Gasteiger partial charge in [0.1, 0.15) is 6.04 Å². The summed E-state index contributed by atoms with van der Waals surface area (Å²) in [5, 5.41) is 4.92. The third-order valence-corrected chi connectivity index (χ3v) is 3.86. The van der Waals surface area contributed by atoms with Crippen molar-refractivity contribution in [3.63, 3.8) is 0 Å². The molecule has 1 aromatic heterocycles. The Morgan fingerprint density at radius 2 is 2.44 bits per heavy atom. The van der Waals surface area contributed by atoms with Crippen LogP contribution in [0.15, 0.2) is 17.5 Å². The van der Waals surface area contributed by atoms with Crippen molar-refractivity contribution in [1.29, 1.82) is 0 Å². The number of amides is 1. The molecule has 16 heavy (non-hydrogen) atoms. The molecule has 1 aromatic rings. The zero-order valence-electron chi connectivity index (χ0n) is 9.48. The standard InChI is InChI=1S/C12H18N2OS/c1-8(7-9-4-5-9)14-12(15)11(13)10-3-2-6-16-10/h2-3,6,8-9,11H,4-5,7,13H2,1H3,(H,14,15). The molecule has 1 heterocycles. The van der Waals surface area contributed by atoms with E-state index in [2.05, 4.69) is 12.2 Å². The molecule has 0 radical (unpaired) electrons. The molecule has 0 saturated heterocycles. The zero-order valence-corrected chi connectivity index (χ0v) is 10.3. The third-order valence-electron chi connectivity index (χ3n) is 2.90. The van der Waals surface area contributed by atoms with Crippen LogP contribution in [0.1, 0.15) is 37.1 Å². The fraction of sp³-hybridized carbons (Fsp3) is 0.583. The molecule has 2 atom stereocenters. The van der Waals surface area contributed by atoms with Gasteiger partial charge >= 0.3 is 0 Å². The first kappa shape index (κ1) is 11.6. The minimum Gasteiger partial charge on any atom is -0.352 e. The lowest BCUT2D eigenvalue weighted by Gasteiger charge is -2.16. The van der Waals surface area contributed by atoms with Crippen LogP contribution < -0.4 is 11.1 Å². The molecule has 0 aliphatic heterocycles. The van der Waals surface area contributed by atoms with Crippen LogP contribution in [0, 0.1) is 5.92 Å². The first-order valence-corrected chi connectivity index (χ1v) is 6.64. The van der Waals surface area contributed by atoms with Crippen molar-refractivity contribution in [2.24, 2.45) is 11.7 Å². The molecule has 3 nitrogen and oxygen atoms in total. The Labute approximate surface area is 100 Å². The van der Waals surface area contributed by atoms with Crippen molar-refractivity contribution in [3.8, 4) is 0 Å². The highest BCUT2D eigenvalue weighted by molar-refractivity contribution is 7.10. The van der Waals surface area contributed by atoms with E-state index in [1.165, 1.54) is 24.2 Å². The zero-order chi connectivity index (χ0) is 11.5. The highest BCUT2D eigenvalue weighted by Gasteiger charge is 2.25. The Balaban J connectivity index is 1.82. The summed E-state index contributed by atoms with van der Waals surface area (Å²) in [4.78, 5) is 12.8. The van der Waals surface area contributed by atoms with Gasteiger partial charge in [-0.2, -0.15) is 0 Å². The number of rotatable bonds is 5. The molecule has 1 amide bonds. The molecule has 2 rings (SSSR count). The summed E-state index contributed by atoms with van der Waals surface area (Å²) in [7, 11) is 0. The first-order chi connectivity index (χ1) is 7.66. The van der Waals surface area contributed by atoms with Crippen molar-refractivity contribution < 1.29 is 4.79 Å². The number of hydrogen-bond donors (Lipinski definition) is 2. The van der Waals surface area contributed by atoms with Crippen LogP contribution in [0.4, 0.5) is 0 Å². The Morgan fingerprint density at radius 3 is 3.00 bits per heavy atom. The number of carbonyl (C=O) groups is 1. The van der Waals surface area contributed by atoms with Gasteiger partial charge < -0.3 is 11.1 Å². The van der Waals surface area contributed by atoms with Gasteiger partial charge in [-0.05, 0) is 30.7 Å². The summed E-state index contributed by atoms with van der Waals surface area (Å²) < 4.78 is 0. The summed E-state index contributed by atoms with van der Waals surface area (Å²) in [5.41, 5.74) is 5.88. The second-order valence-corrected chi connectivity index (χ2v) is 5.56. The summed E-state index contributed by atoms with van der Waals surface area (Å²) in [6.07, 6.45) is 3.72. The van der Waals surface area contributed by atoms with Crippen molar-refractivity contribution in [1.82, 2.24) is 5.32 Å². The lowest BCUT2D eigenvalue weighted by atomic mass is 10.1. The third kappa shape index (κ3) is 3.06. The number of nitrogens with one attached hydrogen (secondary N) is 1. The summed E-state index contributed by atoms with van der Waals surface area (Å²) in [5.74, 6) is 0.767.